The van der Waals surface area contributed by atoms with Gasteiger partial charge in [0.2, 0.25) is 11.8 Å². The highest BCUT2D eigenvalue weighted by Crippen LogP contribution is 2.12. The van der Waals surface area contributed by atoms with Crippen LogP contribution in [0.3, 0.4) is 0 Å². The first-order valence-electron chi connectivity index (χ1n) is 5.58. The first-order valence-corrected chi connectivity index (χ1v) is 5.58. The third kappa shape index (κ3) is 2.70. The van der Waals surface area contributed by atoms with Crippen molar-refractivity contribution in [3.63, 3.8) is 0 Å². The molecule has 2 rings (SSSR count). The van der Waals surface area contributed by atoms with Gasteiger partial charge in [0.05, 0.1) is 6.04 Å². The predicted molar refractivity (Wildman–Crippen MR) is 59.4 cm³/mol. The number of hydrogen-bond acceptors (Lipinski definition) is 3. The first-order chi connectivity index (χ1) is 8.58. The second-order valence-corrected chi connectivity index (χ2v) is 4.10. The molecule has 1 aliphatic heterocycles. The van der Waals surface area contributed by atoms with E-state index in [4.69, 9.17) is 0 Å². The highest BCUT2D eigenvalue weighted by molar-refractivity contribution is 6.00. The number of rotatable bonds is 3. The van der Waals surface area contributed by atoms with Gasteiger partial charge in [-0.3, -0.25) is 14.9 Å². The Kier molecular flexibility index (Phi) is 3.66. The summed E-state index contributed by atoms with van der Waals surface area (Å²) in [5, 5.41) is 4.99. The van der Waals surface area contributed by atoms with Crippen LogP contribution in [0.2, 0.25) is 0 Å². The fraction of sp³-hybridized carbons (Fsp3) is 0.333. The average molecular weight is 254 g/mol. The number of amides is 2. The van der Waals surface area contributed by atoms with Gasteiger partial charge in [-0.2, -0.15) is 0 Å². The molecule has 1 aromatic carbocycles. The Morgan fingerprint density at radius 1 is 1.33 bits per heavy atom. The van der Waals surface area contributed by atoms with E-state index in [0.29, 0.717) is 6.42 Å². The quantitative estimate of drug-likeness (QED) is 0.786. The third-order valence-electron chi connectivity index (χ3n) is 2.81. The van der Waals surface area contributed by atoms with Crippen LogP contribution in [-0.4, -0.2) is 17.9 Å². The highest BCUT2D eigenvalue weighted by Gasteiger charge is 2.26. The number of nitrogens with one attached hydrogen (secondary N) is 2. The predicted octanol–water partition coefficient (Wildman–Crippen LogP) is 0.860. The second kappa shape index (κ2) is 5.22. The minimum Gasteiger partial charge on any atom is -0.302 e. The van der Waals surface area contributed by atoms with Crippen LogP contribution in [0.15, 0.2) is 18.2 Å². The van der Waals surface area contributed by atoms with Crippen LogP contribution in [0.1, 0.15) is 18.4 Å². The van der Waals surface area contributed by atoms with Crippen molar-refractivity contribution in [3.05, 3.63) is 35.4 Å². The molecule has 2 amide bonds. The smallest absolute Gasteiger partial charge is 0.243 e. The van der Waals surface area contributed by atoms with Gasteiger partial charge in [-0.15, -0.1) is 0 Å². The molecular formula is C12H12F2N2O2. The maximum absolute atomic E-state index is 13.3. The molecule has 18 heavy (non-hydrogen) atoms. The van der Waals surface area contributed by atoms with Gasteiger partial charge in [-0.1, -0.05) is 12.1 Å². The lowest BCUT2D eigenvalue weighted by Gasteiger charge is -2.21. The highest BCUT2D eigenvalue weighted by atomic mass is 19.2. The van der Waals surface area contributed by atoms with Crippen LogP contribution in [0.4, 0.5) is 8.78 Å². The lowest BCUT2D eigenvalue weighted by atomic mass is 10.1. The van der Waals surface area contributed by atoms with E-state index in [1.54, 1.807) is 0 Å². The van der Waals surface area contributed by atoms with E-state index in [2.05, 4.69) is 10.6 Å². The minimum absolute atomic E-state index is 0.0376. The summed E-state index contributed by atoms with van der Waals surface area (Å²) in [7, 11) is 0. The molecule has 1 aliphatic rings. The molecule has 0 spiro atoms. The maximum Gasteiger partial charge on any atom is 0.243 e. The van der Waals surface area contributed by atoms with Gasteiger partial charge in [0.25, 0.3) is 0 Å². The van der Waals surface area contributed by atoms with Gasteiger partial charge in [0.15, 0.2) is 11.6 Å². The summed E-state index contributed by atoms with van der Waals surface area (Å²) in [6, 6.07) is 3.33. The Labute approximate surface area is 102 Å². The number of carbonyl (C=O) groups excluding carboxylic acids is 2. The molecule has 1 heterocycles. The van der Waals surface area contributed by atoms with Gasteiger partial charge < -0.3 is 5.32 Å². The molecule has 0 aliphatic carbocycles. The van der Waals surface area contributed by atoms with E-state index in [-0.39, 0.29) is 24.4 Å². The number of hydrogen-bond donors (Lipinski definition) is 2. The van der Waals surface area contributed by atoms with Crippen molar-refractivity contribution in [2.75, 3.05) is 0 Å². The molecule has 0 radical (unpaired) electrons. The van der Waals surface area contributed by atoms with Gasteiger partial charge in [0.1, 0.15) is 0 Å². The minimum atomic E-state index is -0.919. The van der Waals surface area contributed by atoms with E-state index in [9.17, 15) is 18.4 Å². The summed E-state index contributed by atoms with van der Waals surface area (Å²) in [5.41, 5.74) is 0.153. The molecule has 1 fully saturated rings. The number of imide groups is 1. The molecule has 96 valence electrons. The van der Waals surface area contributed by atoms with E-state index < -0.39 is 23.6 Å². The topological polar surface area (TPSA) is 58.2 Å². The number of benzene rings is 1. The molecule has 0 aromatic heterocycles. The van der Waals surface area contributed by atoms with Crippen LogP contribution < -0.4 is 10.6 Å². The summed E-state index contributed by atoms with van der Waals surface area (Å²) < 4.78 is 26.3. The Hall–Kier alpha value is -1.82. The van der Waals surface area contributed by atoms with E-state index in [1.165, 1.54) is 12.1 Å². The summed E-state index contributed by atoms with van der Waals surface area (Å²) in [6.45, 7) is 0.0376. The van der Waals surface area contributed by atoms with E-state index >= 15 is 0 Å². The van der Waals surface area contributed by atoms with Crippen molar-refractivity contribution >= 4 is 11.8 Å². The van der Waals surface area contributed by atoms with Crippen LogP contribution in [0, 0.1) is 11.6 Å². The van der Waals surface area contributed by atoms with Gasteiger partial charge in [-0.05, 0) is 12.5 Å². The monoisotopic (exact) mass is 254 g/mol. The summed E-state index contributed by atoms with van der Waals surface area (Å²) in [6.07, 6.45) is 0.608. The molecule has 1 saturated heterocycles. The molecule has 1 aromatic rings. The van der Waals surface area contributed by atoms with Crippen LogP contribution in [-0.2, 0) is 16.1 Å². The molecule has 1 unspecified atom stereocenters. The lowest BCUT2D eigenvalue weighted by molar-refractivity contribution is -0.134. The van der Waals surface area contributed by atoms with Crippen molar-refractivity contribution in [3.8, 4) is 0 Å². The molecule has 2 N–H and O–H groups in total. The van der Waals surface area contributed by atoms with Gasteiger partial charge >= 0.3 is 0 Å². The van der Waals surface area contributed by atoms with Crippen LogP contribution >= 0.6 is 0 Å². The molecule has 0 bridgehead atoms. The number of halogens is 2. The molecule has 6 heteroatoms. The van der Waals surface area contributed by atoms with Crippen molar-refractivity contribution in [2.24, 2.45) is 0 Å². The Balaban J connectivity index is 1.97. The zero-order valence-corrected chi connectivity index (χ0v) is 9.50. The van der Waals surface area contributed by atoms with Crippen molar-refractivity contribution in [1.82, 2.24) is 10.6 Å². The Morgan fingerprint density at radius 3 is 2.83 bits per heavy atom. The SMILES string of the molecule is O=C1CCC(NCc2cccc(F)c2F)C(=O)N1. The Bertz CT molecular complexity index is 491. The first kappa shape index (κ1) is 12.6. The van der Waals surface area contributed by atoms with Crippen molar-refractivity contribution in [2.45, 2.75) is 25.4 Å². The zero-order valence-electron chi connectivity index (χ0n) is 9.50. The fourth-order valence-electron chi connectivity index (χ4n) is 1.81. The normalized spacial score (nSPS) is 19.8. The average Bonchev–Trinajstić information content (AvgIpc) is 2.33. The summed E-state index contributed by atoms with van der Waals surface area (Å²) in [4.78, 5) is 22.3. The summed E-state index contributed by atoms with van der Waals surface area (Å²) >= 11 is 0. The van der Waals surface area contributed by atoms with Gasteiger partial charge in [0, 0.05) is 18.5 Å². The largest absolute Gasteiger partial charge is 0.302 e. The molecular weight excluding hydrogens is 242 g/mol. The number of piperidine rings is 1. The standard InChI is InChI=1S/C12H12F2N2O2/c13-8-3-1-2-7(11(8)14)6-15-9-4-5-10(17)16-12(9)18/h1-3,9,15H,4-6H2,(H,16,17,18). The van der Waals surface area contributed by atoms with Crippen LogP contribution in [0.25, 0.3) is 0 Å². The maximum atomic E-state index is 13.3. The third-order valence-corrected chi connectivity index (χ3v) is 2.81. The van der Waals surface area contributed by atoms with Crippen molar-refractivity contribution < 1.29 is 18.4 Å². The van der Waals surface area contributed by atoms with E-state index in [0.717, 1.165) is 6.07 Å². The molecule has 4 nitrogen and oxygen atoms in total. The zero-order chi connectivity index (χ0) is 13.1. The lowest BCUT2D eigenvalue weighted by Crippen LogP contribution is -2.50. The molecule has 1 atom stereocenters. The summed E-state index contributed by atoms with van der Waals surface area (Å²) in [5.74, 6) is -2.58. The van der Waals surface area contributed by atoms with Gasteiger partial charge in [-0.25, -0.2) is 8.78 Å². The second-order valence-electron chi connectivity index (χ2n) is 4.10. The Morgan fingerprint density at radius 2 is 2.11 bits per heavy atom. The van der Waals surface area contributed by atoms with E-state index in [1.807, 2.05) is 0 Å². The van der Waals surface area contributed by atoms with Crippen molar-refractivity contribution in [1.29, 1.82) is 0 Å². The van der Waals surface area contributed by atoms with Crippen LogP contribution in [0.5, 0.6) is 0 Å². The fourth-order valence-corrected chi connectivity index (χ4v) is 1.81. The number of carbonyl (C=O) groups is 2. The molecule has 0 saturated carbocycles.